The summed E-state index contributed by atoms with van der Waals surface area (Å²) in [5, 5.41) is 1.40. The molecule has 0 aliphatic carbocycles. The molecule has 3 rings (SSSR count). The van der Waals surface area contributed by atoms with Crippen molar-refractivity contribution in [2.24, 2.45) is 5.41 Å². The summed E-state index contributed by atoms with van der Waals surface area (Å²) in [6.07, 6.45) is 4.08. The lowest BCUT2D eigenvalue weighted by Gasteiger charge is -2.51. The molecule has 1 amide bonds. The van der Waals surface area contributed by atoms with Crippen LogP contribution in [0.4, 0.5) is 0 Å². The first-order valence-electron chi connectivity index (χ1n) is 10.6. The number of hydrogen-bond acceptors (Lipinski definition) is 1. The van der Waals surface area contributed by atoms with Gasteiger partial charge in [0.1, 0.15) is 0 Å². The first-order chi connectivity index (χ1) is 14.3. The van der Waals surface area contributed by atoms with E-state index < -0.39 is 5.41 Å². The molecule has 5 heteroatoms. The first kappa shape index (κ1) is 22.9. The average Bonchev–Trinajstić information content (AvgIpc) is 2.73. The fraction of sp³-hybridized carbons (Fsp3) is 0.400. The maximum atomic E-state index is 13.9. The molecule has 1 fully saturated rings. The van der Waals surface area contributed by atoms with Crippen molar-refractivity contribution in [3.05, 3.63) is 82.4 Å². The van der Waals surface area contributed by atoms with E-state index in [-0.39, 0.29) is 23.9 Å². The fourth-order valence-corrected chi connectivity index (χ4v) is 5.15. The molecule has 2 aromatic carbocycles. The number of likely N-dealkylation sites (tertiary alicyclic amines) is 1. The van der Waals surface area contributed by atoms with E-state index in [9.17, 15) is 4.79 Å². The van der Waals surface area contributed by atoms with Gasteiger partial charge in [0, 0.05) is 16.0 Å². The van der Waals surface area contributed by atoms with E-state index >= 15 is 0 Å². The highest BCUT2D eigenvalue weighted by atomic mass is 35.5. The van der Waals surface area contributed by atoms with Gasteiger partial charge in [-0.15, -0.1) is 6.58 Å². The molecule has 0 saturated carbocycles. The van der Waals surface area contributed by atoms with Crippen LogP contribution in [0.1, 0.15) is 56.2 Å². The number of nitrogens with zero attached hydrogens (tertiary/aromatic N) is 1. The smallest absolute Gasteiger partial charge is 0.229 e. The fourth-order valence-electron chi connectivity index (χ4n) is 4.83. The highest BCUT2D eigenvalue weighted by molar-refractivity contribution is 6.30. The molecule has 0 spiro atoms. The lowest BCUT2D eigenvalue weighted by molar-refractivity contribution is -0.379. The maximum Gasteiger partial charge on any atom is 0.229 e. The van der Waals surface area contributed by atoms with Crippen molar-refractivity contribution < 1.29 is 10.5 Å². The van der Waals surface area contributed by atoms with Crippen LogP contribution in [0.25, 0.3) is 0 Å². The molecule has 1 saturated heterocycles. The molecule has 3 nitrogen and oxygen atoms in total. The molecule has 0 radical (unpaired) electrons. The molecule has 2 aromatic rings. The Kier molecular flexibility index (Phi) is 7.28. The van der Waals surface area contributed by atoms with Crippen LogP contribution in [-0.4, -0.2) is 23.4 Å². The lowest BCUT2D eigenvalue weighted by Crippen LogP contribution is -2.64. The van der Waals surface area contributed by atoms with Crippen LogP contribution in [0.3, 0.4) is 0 Å². The highest BCUT2D eigenvalue weighted by Gasteiger charge is 2.50. The zero-order chi connectivity index (χ0) is 21.9. The zero-order valence-corrected chi connectivity index (χ0v) is 19.3. The van der Waals surface area contributed by atoms with Crippen molar-refractivity contribution in [1.29, 1.82) is 0 Å². The second-order valence-electron chi connectivity index (χ2n) is 8.48. The third-order valence-electron chi connectivity index (χ3n) is 6.38. The molecule has 1 aliphatic rings. The molecule has 1 aliphatic heterocycles. The SMILES string of the molecule is C=CC[C@@]1(C)C[C@H](c2cccc(Cl)c2)[C@@H](c2ccc(Cl)cc2)N(C(CC)C[NH3+])C1=O. The Bertz CT molecular complexity index is 894. The van der Waals surface area contributed by atoms with Gasteiger partial charge in [0.2, 0.25) is 5.91 Å². The summed E-state index contributed by atoms with van der Waals surface area (Å²) >= 11 is 12.5. The minimum Gasteiger partial charge on any atom is -0.356 e. The minimum atomic E-state index is -0.514. The average molecular weight is 446 g/mol. The van der Waals surface area contributed by atoms with Gasteiger partial charge >= 0.3 is 0 Å². The highest BCUT2D eigenvalue weighted by Crippen LogP contribution is 2.52. The second-order valence-corrected chi connectivity index (χ2v) is 9.35. The summed E-state index contributed by atoms with van der Waals surface area (Å²) < 4.78 is 0. The van der Waals surface area contributed by atoms with Gasteiger partial charge in [-0.25, -0.2) is 0 Å². The minimum absolute atomic E-state index is 0.0595. The number of carbonyl (C=O) groups excluding carboxylic acids is 1. The molecule has 0 bridgehead atoms. The molecule has 1 heterocycles. The molecular weight excluding hydrogens is 415 g/mol. The van der Waals surface area contributed by atoms with Gasteiger partial charge < -0.3 is 10.6 Å². The van der Waals surface area contributed by atoms with Gasteiger partial charge in [0.15, 0.2) is 0 Å². The van der Waals surface area contributed by atoms with E-state index in [4.69, 9.17) is 23.2 Å². The predicted octanol–water partition coefficient (Wildman–Crippen LogP) is 5.65. The molecule has 0 aromatic heterocycles. The number of carbonyl (C=O) groups is 1. The largest absolute Gasteiger partial charge is 0.356 e. The maximum absolute atomic E-state index is 13.9. The summed E-state index contributed by atoms with van der Waals surface area (Å²) in [6, 6.07) is 15.9. The van der Waals surface area contributed by atoms with Crippen LogP contribution in [0.2, 0.25) is 10.0 Å². The standard InChI is InChI=1S/C25H30Cl2N2O/c1-4-13-25(3)15-22(18-7-6-8-20(27)14-18)23(17-9-11-19(26)12-10-17)29(24(25)30)21(5-2)16-28/h4,6-12,14,21-23H,1,5,13,15-16,28H2,2-3H3/p+1/t21?,22-,23-,25+/m1/s1. The number of amides is 1. The Morgan fingerprint density at radius 3 is 2.47 bits per heavy atom. The van der Waals surface area contributed by atoms with Crippen LogP contribution in [0.15, 0.2) is 61.2 Å². The number of rotatable bonds is 7. The van der Waals surface area contributed by atoms with Crippen molar-refractivity contribution in [3.8, 4) is 0 Å². The summed E-state index contributed by atoms with van der Waals surface area (Å²) in [5.74, 6) is 0.282. The number of quaternary nitrogens is 1. The van der Waals surface area contributed by atoms with Crippen LogP contribution in [0.5, 0.6) is 0 Å². The Balaban J connectivity index is 2.22. The normalized spacial score (nSPS) is 25.2. The van der Waals surface area contributed by atoms with Gasteiger partial charge in [-0.1, -0.05) is 67.4 Å². The molecular formula is C25H31Cl2N2O+. The van der Waals surface area contributed by atoms with Crippen molar-refractivity contribution in [2.45, 2.75) is 51.1 Å². The quantitative estimate of drug-likeness (QED) is 0.549. The summed E-state index contributed by atoms with van der Waals surface area (Å²) in [6.45, 7) is 8.78. The van der Waals surface area contributed by atoms with Crippen LogP contribution >= 0.6 is 23.2 Å². The van der Waals surface area contributed by atoms with E-state index in [1.807, 2.05) is 48.5 Å². The number of hydrogen-bond donors (Lipinski definition) is 1. The lowest BCUT2D eigenvalue weighted by atomic mass is 9.67. The van der Waals surface area contributed by atoms with Gasteiger partial charge in [-0.2, -0.15) is 0 Å². The number of piperidine rings is 1. The monoisotopic (exact) mass is 445 g/mol. The van der Waals surface area contributed by atoms with Gasteiger partial charge in [0.05, 0.1) is 24.0 Å². The van der Waals surface area contributed by atoms with Crippen molar-refractivity contribution in [2.75, 3.05) is 6.54 Å². The van der Waals surface area contributed by atoms with Crippen molar-refractivity contribution in [1.82, 2.24) is 4.90 Å². The van der Waals surface area contributed by atoms with Gasteiger partial charge in [0.25, 0.3) is 0 Å². The third kappa shape index (κ3) is 4.44. The van der Waals surface area contributed by atoms with Gasteiger partial charge in [-0.3, -0.25) is 4.79 Å². The van der Waals surface area contributed by atoms with E-state index in [0.717, 1.165) is 24.0 Å². The Hall–Kier alpha value is -1.81. The molecule has 4 atom stereocenters. The van der Waals surface area contributed by atoms with Gasteiger partial charge in [-0.05, 0) is 54.7 Å². The summed E-state index contributed by atoms with van der Waals surface area (Å²) in [4.78, 5) is 16.0. The second kappa shape index (κ2) is 9.55. The van der Waals surface area contributed by atoms with Crippen molar-refractivity contribution >= 4 is 29.1 Å². The van der Waals surface area contributed by atoms with Crippen LogP contribution in [0, 0.1) is 5.41 Å². The first-order valence-corrected chi connectivity index (χ1v) is 11.3. The molecule has 3 N–H and O–H groups in total. The predicted molar refractivity (Wildman–Crippen MR) is 125 cm³/mol. The third-order valence-corrected chi connectivity index (χ3v) is 6.87. The van der Waals surface area contributed by atoms with E-state index in [1.54, 1.807) is 0 Å². The van der Waals surface area contributed by atoms with E-state index in [1.165, 1.54) is 0 Å². The Morgan fingerprint density at radius 1 is 1.20 bits per heavy atom. The van der Waals surface area contributed by atoms with E-state index in [2.05, 4.69) is 37.1 Å². The summed E-state index contributed by atoms with van der Waals surface area (Å²) in [5.41, 5.74) is 5.88. The topological polar surface area (TPSA) is 48.0 Å². The van der Waals surface area contributed by atoms with E-state index in [0.29, 0.717) is 23.0 Å². The molecule has 160 valence electrons. The van der Waals surface area contributed by atoms with Crippen LogP contribution in [-0.2, 0) is 4.79 Å². The Morgan fingerprint density at radius 2 is 1.90 bits per heavy atom. The van der Waals surface area contributed by atoms with Crippen molar-refractivity contribution in [3.63, 3.8) is 0 Å². The number of allylic oxidation sites excluding steroid dienone is 1. The molecule has 1 unspecified atom stereocenters. The number of halogens is 2. The molecule has 30 heavy (non-hydrogen) atoms. The Labute approximate surface area is 189 Å². The number of benzene rings is 2. The van der Waals surface area contributed by atoms with Crippen LogP contribution < -0.4 is 5.73 Å². The summed E-state index contributed by atoms with van der Waals surface area (Å²) in [7, 11) is 0. The zero-order valence-electron chi connectivity index (χ0n) is 17.8.